The SMILES string of the molecule is CC1(C)CCCCc2cccc3c2CN(C3)C(=O)O[C@@H]2C[C@@H](C(=O)O)N(C2)C(=O)C(C(C)(C)C)NC(=O)OC1. The first-order valence-corrected chi connectivity index (χ1v) is 13.8. The lowest BCUT2D eigenvalue weighted by Crippen LogP contribution is -2.57. The predicted molar refractivity (Wildman–Crippen MR) is 143 cm³/mol. The molecule has 1 aromatic rings. The number of aliphatic carboxylic acids is 1. The van der Waals surface area contributed by atoms with Crippen LogP contribution in [0.4, 0.5) is 9.59 Å². The number of fused-ring (bicyclic) bond motifs is 3. The van der Waals surface area contributed by atoms with Gasteiger partial charge in [-0.15, -0.1) is 0 Å². The molecule has 4 bridgehead atoms. The van der Waals surface area contributed by atoms with Crippen LogP contribution in [0, 0.1) is 10.8 Å². The zero-order valence-electron chi connectivity index (χ0n) is 23.6. The van der Waals surface area contributed by atoms with Gasteiger partial charge in [-0.05, 0) is 46.8 Å². The van der Waals surface area contributed by atoms with E-state index in [1.54, 1.807) is 25.7 Å². The fourth-order valence-corrected chi connectivity index (χ4v) is 5.66. The number of benzene rings is 1. The summed E-state index contributed by atoms with van der Waals surface area (Å²) in [5.74, 6) is -1.73. The molecule has 39 heavy (non-hydrogen) atoms. The van der Waals surface area contributed by atoms with E-state index in [1.165, 1.54) is 10.5 Å². The molecule has 4 rings (SSSR count). The van der Waals surface area contributed by atoms with E-state index in [0.29, 0.717) is 13.1 Å². The van der Waals surface area contributed by atoms with E-state index < -0.39 is 47.7 Å². The second kappa shape index (κ2) is 11.1. The van der Waals surface area contributed by atoms with Crippen molar-refractivity contribution in [3.05, 3.63) is 34.9 Å². The van der Waals surface area contributed by atoms with Gasteiger partial charge in [0.05, 0.1) is 13.2 Å². The van der Waals surface area contributed by atoms with Crippen LogP contribution in [0.3, 0.4) is 0 Å². The lowest BCUT2D eigenvalue weighted by atomic mass is 9.85. The fourth-order valence-electron chi connectivity index (χ4n) is 5.66. The number of hydrogen-bond acceptors (Lipinski definition) is 6. The minimum atomic E-state index is -1.18. The smallest absolute Gasteiger partial charge is 0.410 e. The first kappa shape index (κ1) is 28.7. The lowest BCUT2D eigenvalue weighted by Gasteiger charge is -2.34. The Hall–Kier alpha value is -3.30. The summed E-state index contributed by atoms with van der Waals surface area (Å²) in [7, 11) is 0. The highest BCUT2D eigenvalue weighted by molar-refractivity contribution is 5.90. The Bertz CT molecular complexity index is 1130. The highest BCUT2D eigenvalue weighted by atomic mass is 16.6. The third-order valence-corrected chi connectivity index (χ3v) is 7.96. The maximum atomic E-state index is 13.7. The first-order valence-electron chi connectivity index (χ1n) is 13.8. The highest BCUT2D eigenvalue weighted by Crippen LogP contribution is 2.32. The zero-order chi connectivity index (χ0) is 28.5. The van der Waals surface area contributed by atoms with Gasteiger partial charge >= 0.3 is 18.2 Å². The van der Waals surface area contributed by atoms with Gasteiger partial charge in [-0.25, -0.2) is 14.4 Å². The molecule has 10 nitrogen and oxygen atoms in total. The van der Waals surface area contributed by atoms with Gasteiger partial charge in [0.2, 0.25) is 5.91 Å². The Morgan fingerprint density at radius 2 is 1.82 bits per heavy atom. The second-order valence-electron chi connectivity index (χ2n) is 12.9. The number of carbonyl (C=O) groups is 4. The van der Waals surface area contributed by atoms with E-state index in [0.717, 1.165) is 36.8 Å². The number of carboxylic acids is 1. The molecule has 0 aromatic heterocycles. The first-order chi connectivity index (χ1) is 18.2. The molecular weight excluding hydrogens is 502 g/mol. The lowest BCUT2D eigenvalue weighted by molar-refractivity contribution is -0.150. The summed E-state index contributed by atoms with van der Waals surface area (Å²) in [5, 5.41) is 12.6. The molecule has 0 saturated carbocycles. The number of hydrogen-bond donors (Lipinski definition) is 2. The molecular formula is C29H41N3O7. The molecule has 214 valence electrons. The molecule has 3 heterocycles. The van der Waals surface area contributed by atoms with E-state index >= 15 is 0 Å². The number of carbonyl (C=O) groups excluding carboxylic acids is 3. The number of aryl methyl sites for hydroxylation is 1. The standard InChI is InChI=1S/C29H41N3O7/c1-28(2,3)23-24(33)32-15-20(13-22(32)25(34)35)39-27(37)31-14-19-11-8-10-18(21(19)16-31)9-6-7-12-29(4,5)17-38-26(36)30-23/h8,10-11,20,22-23H,6-7,9,12-17H2,1-5H3,(H,30,36)(H,34,35)/t20-,22+,23?/m1/s1. The average Bonchev–Trinajstić information content (AvgIpc) is 3.47. The monoisotopic (exact) mass is 543 g/mol. The van der Waals surface area contributed by atoms with Crippen molar-refractivity contribution in [3.63, 3.8) is 0 Å². The maximum absolute atomic E-state index is 13.7. The predicted octanol–water partition coefficient (Wildman–Crippen LogP) is 4.09. The van der Waals surface area contributed by atoms with Gasteiger partial charge in [0, 0.05) is 19.5 Å². The van der Waals surface area contributed by atoms with Gasteiger partial charge in [-0.1, -0.05) is 59.2 Å². The number of nitrogens with one attached hydrogen (secondary N) is 1. The van der Waals surface area contributed by atoms with E-state index in [1.807, 2.05) is 26.0 Å². The number of nitrogens with zero attached hydrogens (tertiary/aromatic N) is 2. The fraction of sp³-hybridized carbons (Fsp3) is 0.655. The van der Waals surface area contributed by atoms with Gasteiger partial charge < -0.3 is 24.8 Å². The summed E-state index contributed by atoms with van der Waals surface area (Å²) in [5.41, 5.74) is 2.47. The van der Waals surface area contributed by atoms with E-state index in [-0.39, 0.29) is 25.0 Å². The average molecular weight is 544 g/mol. The molecule has 3 aliphatic rings. The molecule has 2 N–H and O–H groups in total. The summed E-state index contributed by atoms with van der Waals surface area (Å²) >= 11 is 0. The van der Waals surface area contributed by atoms with Crippen LogP contribution in [0.25, 0.3) is 0 Å². The van der Waals surface area contributed by atoms with Crippen molar-refractivity contribution in [2.75, 3.05) is 13.2 Å². The second-order valence-corrected chi connectivity index (χ2v) is 12.9. The molecule has 3 aliphatic heterocycles. The zero-order valence-corrected chi connectivity index (χ0v) is 23.6. The van der Waals surface area contributed by atoms with Gasteiger partial charge in [-0.2, -0.15) is 0 Å². The van der Waals surface area contributed by atoms with E-state index in [4.69, 9.17) is 9.47 Å². The summed E-state index contributed by atoms with van der Waals surface area (Å²) in [6.07, 6.45) is 1.61. The molecule has 3 amide bonds. The number of amides is 3. The van der Waals surface area contributed by atoms with Crippen molar-refractivity contribution in [3.8, 4) is 0 Å². The van der Waals surface area contributed by atoms with Gasteiger partial charge in [0.25, 0.3) is 0 Å². The number of carboxylic acid groups (broad SMARTS) is 1. The summed E-state index contributed by atoms with van der Waals surface area (Å²) in [6, 6.07) is 3.94. The van der Waals surface area contributed by atoms with Crippen molar-refractivity contribution >= 4 is 24.1 Å². The molecule has 0 radical (unpaired) electrons. The minimum Gasteiger partial charge on any atom is -0.480 e. The number of rotatable bonds is 1. The molecule has 1 unspecified atom stereocenters. The Kier molecular flexibility index (Phi) is 8.14. The van der Waals surface area contributed by atoms with Crippen LogP contribution < -0.4 is 5.32 Å². The van der Waals surface area contributed by atoms with E-state index in [9.17, 15) is 24.3 Å². The molecule has 10 heteroatoms. The minimum absolute atomic E-state index is 0.0195. The number of cyclic esters (lactones) is 1. The summed E-state index contributed by atoms with van der Waals surface area (Å²) in [6.45, 7) is 10.5. The molecule has 1 fully saturated rings. The quantitative estimate of drug-likeness (QED) is 0.547. The van der Waals surface area contributed by atoms with Crippen LogP contribution in [0.5, 0.6) is 0 Å². The molecule has 0 aliphatic carbocycles. The summed E-state index contributed by atoms with van der Waals surface area (Å²) < 4.78 is 11.3. The Morgan fingerprint density at radius 1 is 1.10 bits per heavy atom. The molecule has 1 aromatic carbocycles. The number of alkyl carbamates (subject to hydrolysis) is 1. The van der Waals surface area contributed by atoms with Crippen LogP contribution in [0.15, 0.2) is 18.2 Å². The van der Waals surface area contributed by atoms with Crippen LogP contribution >= 0.6 is 0 Å². The topological polar surface area (TPSA) is 125 Å². The largest absolute Gasteiger partial charge is 0.480 e. The Morgan fingerprint density at radius 3 is 2.51 bits per heavy atom. The molecule has 0 spiro atoms. The third kappa shape index (κ3) is 6.65. The van der Waals surface area contributed by atoms with E-state index in [2.05, 4.69) is 11.4 Å². The van der Waals surface area contributed by atoms with Crippen molar-refractivity contribution in [2.45, 2.75) is 98.0 Å². The van der Waals surface area contributed by atoms with Gasteiger partial charge in [0.15, 0.2) is 0 Å². The van der Waals surface area contributed by atoms with Crippen LogP contribution in [-0.2, 0) is 38.6 Å². The van der Waals surface area contributed by atoms with Crippen molar-refractivity contribution < 1.29 is 33.8 Å². The maximum Gasteiger partial charge on any atom is 0.410 e. The van der Waals surface area contributed by atoms with Gasteiger partial charge in [-0.3, -0.25) is 9.69 Å². The van der Waals surface area contributed by atoms with Crippen molar-refractivity contribution in [1.29, 1.82) is 0 Å². The van der Waals surface area contributed by atoms with Gasteiger partial charge in [0.1, 0.15) is 18.2 Å². The van der Waals surface area contributed by atoms with Crippen LogP contribution in [0.1, 0.15) is 77.0 Å². The molecule has 3 atom stereocenters. The third-order valence-electron chi connectivity index (χ3n) is 7.96. The Labute approximate surface area is 230 Å². The summed E-state index contributed by atoms with van der Waals surface area (Å²) in [4.78, 5) is 54.5. The highest BCUT2D eigenvalue weighted by Gasteiger charge is 2.46. The Balaban J connectivity index is 1.61. The number of ether oxygens (including phenoxy) is 2. The normalized spacial score (nSPS) is 26.5. The molecule has 1 saturated heterocycles. The van der Waals surface area contributed by atoms with Crippen LogP contribution in [-0.4, -0.2) is 70.3 Å². The van der Waals surface area contributed by atoms with Crippen molar-refractivity contribution in [1.82, 2.24) is 15.1 Å². The van der Waals surface area contributed by atoms with Crippen LogP contribution in [0.2, 0.25) is 0 Å². The van der Waals surface area contributed by atoms with Crippen molar-refractivity contribution in [2.24, 2.45) is 10.8 Å².